The summed E-state index contributed by atoms with van der Waals surface area (Å²) in [4.78, 5) is 13.1. The summed E-state index contributed by atoms with van der Waals surface area (Å²) in [5.74, 6) is 0. The fourth-order valence-electron chi connectivity index (χ4n) is 2.99. The SMILES string of the molecule is CN1CCN(c2ccc(-n3ccc4cnc(Cl)nc43)cc2)CC1. The number of piperazine rings is 1. The van der Waals surface area contributed by atoms with Crippen LogP contribution in [0, 0.1) is 0 Å². The molecule has 0 aliphatic carbocycles. The molecule has 6 heteroatoms. The van der Waals surface area contributed by atoms with E-state index in [1.165, 1.54) is 5.69 Å². The third-order valence-electron chi connectivity index (χ3n) is 4.39. The smallest absolute Gasteiger partial charge is 0.224 e. The second-order valence-corrected chi connectivity index (χ2v) is 6.25. The normalized spacial score (nSPS) is 16.2. The van der Waals surface area contributed by atoms with Gasteiger partial charge in [-0.3, -0.25) is 0 Å². The van der Waals surface area contributed by atoms with Gasteiger partial charge in [0, 0.05) is 55.3 Å². The van der Waals surface area contributed by atoms with Crippen LogP contribution in [0.2, 0.25) is 5.28 Å². The van der Waals surface area contributed by atoms with Gasteiger partial charge in [0.1, 0.15) is 5.65 Å². The molecule has 3 aromatic rings. The second-order valence-electron chi connectivity index (χ2n) is 5.91. The number of hydrogen-bond donors (Lipinski definition) is 0. The highest BCUT2D eigenvalue weighted by molar-refractivity contribution is 6.28. The lowest BCUT2D eigenvalue weighted by atomic mass is 10.2. The first-order valence-electron chi connectivity index (χ1n) is 7.74. The molecule has 0 amide bonds. The van der Waals surface area contributed by atoms with Crippen molar-refractivity contribution in [1.82, 2.24) is 19.4 Å². The summed E-state index contributed by atoms with van der Waals surface area (Å²) >= 11 is 5.93. The summed E-state index contributed by atoms with van der Waals surface area (Å²) in [6.07, 6.45) is 3.75. The number of aromatic nitrogens is 3. The first-order valence-corrected chi connectivity index (χ1v) is 8.12. The zero-order valence-corrected chi connectivity index (χ0v) is 13.7. The van der Waals surface area contributed by atoms with Crippen molar-refractivity contribution in [2.45, 2.75) is 0 Å². The molecular formula is C17H18ClN5. The summed E-state index contributed by atoms with van der Waals surface area (Å²) in [6, 6.07) is 10.6. The molecule has 0 unspecified atom stereocenters. The minimum atomic E-state index is 0.270. The molecule has 118 valence electrons. The minimum Gasteiger partial charge on any atom is -0.369 e. The maximum Gasteiger partial charge on any atom is 0.224 e. The van der Waals surface area contributed by atoms with Crippen LogP contribution in [0.1, 0.15) is 0 Å². The van der Waals surface area contributed by atoms with Gasteiger partial charge in [-0.1, -0.05) is 0 Å². The molecule has 3 heterocycles. The molecule has 23 heavy (non-hydrogen) atoms. The molecular weight excluding hydrogens is 310 g/mol. The molecule has 0 bridgehead atoms. The predicted molar refractivity (Wildman–Crippen MR) is 93.6 cm³/mol. The van der Waals surface area contributed by atoms with Gasteiger partial charge in [0.15, 0.2) is 0 Å². The molecule has 4 rings (SSSR count). The molecule has 0 spiro atoms. The van der Waals surface area contributed by atoms with Crippen molar-refractivity contribution < 1.29 is 0 Å². The molecule has 1 fully saturated rings. The molecule has 5 nitrogen and oxygen atoms in total. The van der Waals surface area contributed by atoms with Crippen LogP contribution in [0.5, 0.6) is 0 Å². The van der Waals surface area contributed by atoms with Crippen molar-refractivity contribution in [2.75, 3.05) is 38.1 Å². The third kappa shape index (κ3) is 2.78. The van der Waals surface area contributed by atoms with E-state index >= 15 is 0 Å². The van der Waals surface area contributed by atoms with E-state index in [0.717, 1.165) is 42.9 Å². The molecule has 0 saturated carbocycles. The number of hydrogen-bond acceptors (Lipinski definition) is 4. The average molecular weight is 328 g/mol. The molecule has 0 radical (unpaired) electrons. The Hall–Kier alpha value is -2.11. The number of anilines is 1. The van der Waals surface area contributed by atoms with Gasteiger partial charge in [-0.15, -0.1) is 0 Å². The van der Waals surface area contributed by atoms with Crippen molar-refractivity contribution in [3.8, 4) is 5.69 Å². The van der Waals surface area contributed by atoms with E-state index in [1.807, 2.05) is 16.8 Å². The third-order valence-corrected chi connectivity index (χ3v) is 4.58. The van der Waals surface area contributed by atoms with Gasteiger partial charge < -0.3 is 14.4 Å². The van der Waals surface area contributed by atoms with Gasteiger partial charge >= 0.3 is 0 Å². The largest absolute Gasteiger partial charge is 0.369 e. The van der Waals surface area contributed by atoms with Gasteiger partial charge in [0.2, 0.25) is 5.28 Å². The summed E-state index contributed by atoms with van der Waals surface area (Å²) in [6.45, 7) is 4.37. The van der Waals surface area contributed by atoms with Crippen LogP contribution in [-0.4, -0.2) is 52.7 Å². The fourth-order valence-corrected chi connectivity index (χ4v) is 3.12. The highest BCUT2D eigenvalue weighted by Gasteiger charge is 2.14. The number of nitrogens with zero attached hydrogens (tertiary/aromatic N) is 5. The van der Waals surface area contributed by atoms with E-state index in [-0.39, 0.29) is 5.28 Å². The Labute approximate surface area is 140 Å². The zero-order valence-electron chi connectivity index (χ0n) is 13.0. The topological polar surface area (TPSA) is 37.2 Å². The van der Waals surface area contributed by atoms with E-state index in [0.29, 0.717) is 0 Å². The van der Waals surface area contributed by atoms with Crippen LogP contribution >= 0.6 is 11.6 Å². The van der Waals surface area contributed by atoms with Crippen LogP contribution in [-0.2, 0) is 0 Å². The Morgan fingerprint density at radius 3 is 2.39 bits per heavy atom. The number of fused-ring (bicyclic) bond motifs is 1. The Morgan fingerprint density at radius 2 is 1.65 bits per heavy atom. The minimum absolute atomic E-state index is 0.270. The zero-order chi connectivity index (χ0) is 15.8. The van der Waals surface area contributed by atoms with Crippen LogP contribution < -0.4 is 4.90 Å². The van der Waals surface area contributed by atoms with Crippen LogP contribution in [0.4, 0.5) is 5.69 Å². The summed E-state index contributed by atoms with van der Waals surface area (Å²) < 4.78 is 2.04. The second kappa shape index (κ2) is 5.83. The van der Waals surface area contributed by atoms with E-state index in [4.69, 9.17) is 11.6 Å². The first-order chi connectivity index (χ1) is 11.2. The maximum absolute atomic E-state index is 5.93. The first kappa shape index (κ1) is 14.5. The van der Waals surface area contributed by atoms with Crippen molar-refractivity contribution >= 4 is 28.3 Å². The van der Waals surface area contributed by atoms with E-state index < -0.39 is 0 Å². The Kier molecular flexibility index (Phi) is 3.67. The standard InChI is InChI=1S/C17H18ClN5/c1-21-8-10-22(11-9-21)14-2-4-15(5-3-14)23-7-6-13-12-19-17(18)20-16(13)23/h2-7,12H,8-11H2,1H3. The molecule has 2 aromatic heterocycles. The lowest BCUT2D eigenvalue weighted by molar-refractivity contribution is 0.313. The monoisotopic (exact) mass is 327 g/mol. The summed E-state index contributed by atoms with van der Waals surface area (Å²) in [5, 5.41) is 1.25. The van der Waals surface area contributed by atoms with Gasteiger partial charge in [-0.05, 0) is 49.0 Å². The van der Waals surface area contributed by atoms with Crippen LogP contribution in [0.3, 0.4) is 0 Å². The van der Waals surface area contributed by atoms with Crippen molar-refractivity contribution in [3.63, 3.8) is 0 Å². The fraction of sp³-hybridized carbons (Fsp3) is 0.294. The Bertz CT molecular complexity index is 819. The molecule has 0 N–H and O–H groups in total. The van der Waals surface area contributed by atoms with Crippen molar-refractivity contribution in [1.29, 1.82) is 0 Å². The molecule has 1 aliphatic rings. The maximum atomic E-state index is 5.93. The van der Waals surface area contributed by atoms with Crippen LogP contribution in [0.15, 0.2) is 42.7 Å². The predicted octanol–water partition coefficient (Wildman–Crippen LogP) is 2.83. The number of halogens is 1. The lowest BCUT2D eigenvalue weighted by Crippen LogP contribution is -2.44. The quantitative estimate of drug-likeness (QED) is 0.678. The van der Waals surface area contributed by atoms with Gasteiger partial charge in [-0.2, -0.15) is 4.98 Å². The van der Waals surface area contributed by atoms with Crippen molar-refractivity contribution in [2.24, 2.45) is 0 Å². The number of rotatable bonds is 2. The van der Waals surface area contributed by atoms with E-state index in [9.17, 15) is 0 Å². The van der Waals surface area contributed by atoms with Gasteiger partial charge in [0.05, 0.1) is 0 Å². The van der Waals surface area contributed by atoms with E-state index in [1.54, 1.807) is 6.20 Å². The molecule has 1 saturated heterocycles. The molecule has 1 aromatic carbocycles. The Balaban J connectivity index is 1.63. The summed E-state index contributed by atoms with van der Waals surface area (Å²) in [7, 11) is 2.17. The van der Waals surface area contributed by atoms with E-state index in [2.05, 4.69) is 51.1 Å². The average Bonchev–Trinajstić information content (AvgIpc) is 2.99. The highest BCUT2D eigenvalue weighted by Crippen LogP contribution is 2.22. The van der Waals surface area contributed by atoms with Crippen LogP contribution in [0.25, 0.3) is 16.7 Å². The van der Waals surface area contributed by atoms with Crippen molar-refractivity contribution in [3.05, 3.63) is 48.0 Å². The summed E-state index contributed by atoms with van der Waals surface area (Å²) in [5.41, 5.74) is 3.18. The molecule has 1 aliphatic heterocycles. The Morgan fingerprint density at radius 1 is 0.957 bits per heavy atom. The number of benzene rings is 1. The lowest BCUT2D eigenvalue weighted by Gasteiger charge is -2.34. The van der Waals surface area contributed by atoms with Gasteiger partial charge in [0.25, 0.3) is 0 Å². The van der Waals surface area contributed by atoms with Gasteiger partial charge in [-0.25, -0.2) is 4.98 Å². The highest BCUT2D eigenvalue weighted by atomic mass is 35.5. The molecule has 0 atom stereocenters. The number of likely N-dealkylation sites (N-methyl/N-ethyl adjacent to an activating group) is 1.